The summed E-state index contributed by atoms with van der Waals surface area (Å²) >= 11 is 7.85. The molecule has 1 aliphatic rings. The first-order valence-corrected chi connectivity index (χ1v) is 6.52. The Labute approximate surface area is 101 Å². The van der Waals surface area contributed by atoms with Gasteiger partial charge in [-0.2, -0.15) is 0 Å². The van der Waals surface area contributed by atoms with E-state index >= 15 is 0 Å². The minimum Gasteiger partial charge on any atom is -0.380 e. The molecular weight excluding hydrogens is 226 g/mol. The molecule has 0 saturated heterocycles. The van der Waals surface area contributed by atoms with Crippen LogP contribution in [0.2, 0.25) is 5.02 Å². The van der Waals surface area contributed by atoms with Crippen molar-refractivity contribution in [3.63, 3.8) is 0 Å². The zero-order chi connectivity index (χ0) is 11.1. The molecule has 0 aromatic heterocycles. The molecule has 0 fully saturated rings. The van der Waals surface area contributed by atoms with Crippen molar-refractivity contribution in [2.75, 3.05) is 11.1 Å². The van der Waals surface area contributed by atoms with Gasteiger partial charge in [0.05, 0.1) is 0 Å². The lowest BCUT2D eigenvalue weighted by Gasteiger charge is -2.36. The molecule has 1 aromatic carbocycles. The Bertz CT molecular complexity index is 370. The topological polar surface area (TPSA) is 12.0 Å². The van der Waals surface area contributed by atoms with E-state index in [1.165, 1.54) is 10.6 Å². The molecule has 15 heavy (non-hydrogen) atoms. The van der Waals surface area contributed by atoms with Gasteiger partial charge in [0, 0.05) is 27.4 Å². The van der Waals surface area contributed by atoms with E-state index < -0.39 is 0 Å². The maximum atomic E-state index is 5.96. The fourth-order valence-electron chi connectivity index (χ4n) is 1.60. The zero-order valence-corrected chi connectivity index (χ0v) is 10.9. The fraction of sp³-hybridized carbons (Fsp3) is 0.500. The van der Waals surface area contributed by atoms with Crippen LogP contribution in [0.1, 0.15) is 20.8 Å². The van der Waals surface area contributed by atoms with Gasteiger partial charge in [-0.05, 0) is 23.6 Å². The van der Waals surface area contributed by atoms with Crippen molar-refractivity contribution in [1.29, 1.82) is 0 Å². The monoisotopic (exact) mass is 241 g/mol. The second-order valence-corrected chi connectivity index (χ2v) is 6.51. The lowest BCUT2D eigenvalue weighted by Crippen LogP contribution is -2.38. The summed E-state index contributed by atoms with van der Waals surface area (Å²) in [4.78, 5) is 1.27. The number of benzene rings is 1. The molecule has 0 bridgehead atoms. The Morgan fingerprint density at radius 1 is 1.40 bits per heavy atom. The number of fused-ring (bicyclic) bond motifs is 1. The van der Waals surface area contributed by atoms with Crippen molar-refractivity contribution in [2.24, 2.45) is 5.41 Å². The molecule has 0 amide bonds. The van der Waals surface area contributed by atoms with Gasteiger partial charge in [-0.15, -0.1) is 11.8 Å². The van der Waals surface area contributed by atoms with Crippen LogP contribution in [-0.4, -0.2) is 11.8 Å². The summed E-state index contributed by atoms with van der Waals surface area (Å²) in [5, 5.41) is 4.40. The van der Waals surface area contributed by atoms with Crippen LogP contribution in [0.4, 0.5) is 5.69 Å². The molecule has 0 radical (unpaired) electrons. The Hall–Kier alpha value is -0.340. The highest BCUT2D eigenvalue weighted by atomic mass is 35.5. The molecule has 82 valence electrons. The third-order valence-electron chi connectivity index (χ3n) is 2.72. The minimum absolute atomic E-state index is 0.296. The van der Waals surface area contributed by atoms with E-state index in [2.05, 4.69) is 32.2 Å². The van der Waals surface area contributed by atoms with Crippen LogP contribution < -0.4 is 5.32 Å². The second-order valence-electron chi connectivity index (χ2n) is 5.01. The van der Waals surface area contributed by atoms with Crippen LogP contribution in [0.15, 0.2) is 23.1 Å². The maximum absolute atomic E-state index is 5.96. The molecule has 1 aromatic rings. The third-order valence-corrected chi connectivity index (χ3v) is 4.11. The number of rotatable bonds is 0. The first kappa shape index (κ1) is 11.2. The molecule has 1 nitrogen and oxygen atoms in total. The molecular formula is C12H16ClNS. The van der Waals surface area contributed by atoms with E-state index in [4.69, 9.17) is 11.6 Å². The average Bonchev–Trinajstić information content (AvgIpc) is 2.15. The first-order valence-electron chi connectivity index (χ1n) is 5.16. The van der Waals surface area contributed by atoms with Crippen molar-refractivity contribution < 1.29 is 0 Å². The van der Waals surface area contributed by atoms with Crippen molar-refractivity contribution in [3.05, 3.63) is 23.2 Å². The highest BCUT2D eigenvalue weighted by Crippen LogP contribution is 2.39. The SMILES string of the molecule is CC(C)(C)C1CSc2cc(Cl)ccc2N1. The van der Waals surface area contributed by atoms with Crippen molar-refractivity contribution in [1.82, 2.24) is 0 Å². The number of hydrogen-bond donors (Lipinski definition) is 1. The second kappa shape index (κ2) is 3.91. The molecule has 1 atom stereocenters. The molecule has 0 saturated carbocycles. The predicted molar refractivity (Wildman–Crippen MR) is 69.0 cm³/mol. The molecule has 1 unspecified atom stereocenters. The molecule has 1 heterocycles. The van der Waals surface area contributed by atoms with Crippen LogP contribution in [-0.2, 0) is 0 Å². The van der Waals surface area contributed by atoms with Gasteiger partial charge in [0.15, 0.2) is 0 Å². The Morgan fingerprint density at radius 3 is 2.80 bits per heavy atom. The minimum atomic E-state index is 0.296. The van der Waals surface area contributed by atoms with Crippen LogP contribution >= 0.6 is 23.4 Å². The third kappa shape index (κ3) is 2.43. The Morgan fingerprint density at radius 2 is 2.13 bits per heavy atom. The van der Waals surface area contributed by atoms with Gasteiger partial charge in [-0.3, -0.25) is 0 Å². The van der Waals surface area contributed by atoms with Crippen LogP contribution in [0.5, 0.6) is 0 Å². The standard InChI is InChI=1S/C12H16ClNS/c1-12(2,3)11-7-15-10-6-8(13)4-5-9(10)14-11/h4-6,11,14H,7H2,1-3H3. The highest BCUT2D eigenvalue weighted by molar-refractivity contribution is 7.99. The molecule has 0 aliphatic carbocycles. The zero-order valence-electron chi connectivity index (χ0n) is 9.30. The summed E-state index contributed by atoms with van der Waals surface area (Å²) < 4.78 is 0. The smallest absolute Gasteiger partial charge is 0.0482 e. The largest absolute Gasteiger partial charge is 0.380 e. The highest BCUT2D eigenvalue weighted by Gasteiger charge is 2.28. The van der Waals surface area contributed by atoms with E-state index in [0.717, 1.165) is 10.8 Å². The number of nitrogens with one attached hydrogen (secondary N) is 1. The van der Waals surface area contributed by atoms with Crippen molar-refractivity contribution in [2.45, 2.75) is 31.7 Å². The van der Waals surface area contributed by atoms with Crippen LogP contribution in [0, 0.1) is 5.41 Å². The molecule has 1 aliphatic heterocycles. The van der Waals surface area contributed by atoms with E-state index in [9.17, 15) is 0 Å². The molecule has 3 heteroatoms. The van der Waals surface area contributed by atoms with Crippen LogP contribution in [0.25, 0.3) is 0 Å². The van der Waals surface area contributed by atoms with Crippen LogP contribution in [0.3, 0.4) is 0 Å². The summed E-state index contributed by atoms with van der Waals surface area (Å²) in [6.45, 7) is 6.81. The van der Waals surface area contributed by atoms with Gasteiger partial charge in [0.2, 0.25) is 0 Å². The summed E-state index contributed by atoms with van der Waals surface area (Å²) in [6, 6.07) is 6.57. The van der Waals surface area contributed by atoms with Gasteiger partial charge >= 0.3 is 0 Å². The fourth-order valence-corrected chi connectivity index (χ4v) is 3.26. The number of hydrogen-bond acceptors (Lipinski definition) is 2. The van der Waals surface area contributed by atoms with Crippen molar-refractivity contribution >= 4 is 29.1 Å². The summed E-state index contributed by atoms with van der Waals surface area (Å²) in [7, 11) is 0. The maximum Gasteiger partial charge on any atom is 0.0482 e. The Kier molecular flexibility index (Phi) is 2.91. The number of halogens is 1. The summed E-state index contributed by atoms with van der Waals surface area (Å²) in [6.07, 6.45) is 0. The molecule has 2 rings (SSSR count). The van der Waals surface area contributed by atoms with Gasteiger partial charge in [-0.25, -0.2) is 0 Å². The van der Waals surface area contributed by atoms with Gasteiger partial charge in [0.25, 0.3) is 0 Å². The predicted octanol–water partition coefficient (Wildman–Crippen LogP) is 4.27. The quantitative estimate of drug-likeness (QED) is 0.728. The molecule has 1 N–H and O–H groups in total. The normalized spacial score (nSPS) is 20.7. The van der Waals surface area contributed by atoms with Gasteiger partial charge in [0.1, 0.15) is 0 Å². The van der Waals surface area contributed by atoms with Gasteiger partial charge in [-0.1, -0.05) is 32.4 Å². The summed E-state index contributed by atoms with van der Waals surface area (Å²) in [5.41, 5.74) is 1.51. The number of thioether (sulfide) groups is 1. The van der Waals surface area contributed by atoms with E-state index in [1.807, 2.05) is 23.9 Å². The average molecular weight is 242 g/mol. The lowest BCUT2D eigenvalue weighted by molar-refractivity contribution is 0.362. The van der Waals surface area contributed by atoms with E-state index in [-0.39, 0.29) is 0 Å². The molecule has 0 spiro atoms. The summed E-state index contributed by atoms with van der Waals surface area (Å²) in [5.74, 6) is 1.11. The van der Waals surface area contributed by atoms with E-state index in [1.54, 1.807) is 0 Å². The first-order chi connectivity index (χ1) is 6.97. The van der Waals surface area contributed by atoms with E-state index in [0.29, 0.717) is 11.5 Å². The lowest BCUT2D eigenvalue weighted by atomic mass is 9.87. The Balaban J connectivity index is 2.24. The van der Waals surface area contributed by atoms with Crippen molar-refractivity contribution in [3.8, 4) is 0 Å². The number of anilines is 1. The van der Waals surface area contributed by atoms with Gasteiger partial charge < -0.3 is 5.32 Å².